The molecule has 2 amide bonds. The van der Waals surface area contributed by atoms with Gasteiger partial charge in [-0.25, -0.2) is 9.59 Å². The van der Waals surface area contributed by atoms with Crippen molar-refractivity contribution in [2.45, 2.75) is 11.4 Å². The molecule has 0 radical (unpaired) electrons. The predicted molar refractivity (Wildman–Crippen MR) is 94.0 cm³/mol. The molecule has 1 unspecified atom stereocenters. The predicted octanol–water partition coefficient (Wildman–Crippen LogP) is -0.240. The molecule has 0 aliphatic carbocycles. The first-order chi connectivity index (χ1) is 13.3. The van der Waals surface area contributed by atoms with Gasteiger partial charge >= 0.3 is 11.9 Å². The third kappa shape index (κ3) is 3.49. The molecule has 1 aromatic rings. The van der Waals surface area contributed by atoms with Gasteiger partial charge in [0, 0.05) is 5.75 Å². The fourth-order valence-corrected chi connectivity index (χ4v) is 4.11. The Morgan fingerprint density at radius 2 is 1.93 bits per heavy atom. The highest BCUT2D eigenvalue weighted by molar-refractivity contribution is 8.00. The molecule has 0 spiro atoms. The van der Waals surface area contributed by atoms with Gasteiger partial charge in [-0.05, 0) is 24.3 Å². The number of aliphatic carboxylic acids is 2. The lowest BCUT2D eigenvalue weighted by Gasteiger charge is -2.48. The summed E-state index contributed by atoms with van der Waals surface area (Å²) in [6, 6.07) is 7.09. The molecule has 1 fully saturated rings. The number of hydrogen-bond donors (Lipinski definition) is 3. The van der Waals surface area contributed by atoms with Crippen LogP contribution in [0.5, 0.6) is 5.75 Å². The van der Waals surface area contributed by atoms with Crippen LogP contribution >= 0.6 is 11.8 Å². The summed E-state index contributed by atoms with van der Waals surface area (Å²) in [4.78, 5) is 47.8. The molecule has 2 heterocycles. The van der Waals surface area contributed by atoms with Gasteiger partial charge in [-0.15, -0.1) is 11.8 Å². The largest absolute Gasteiger partial charge is 0.484 e. The quantitative estimate of drug-likeness (QED) is 0.545. The van der Waals surface area contributed by atoms with Crippen molar-refractivity contribution in [2.24, 2.45) is 0 Å². The summed E-state index contributed by atoms with van der Waals surface area (Å²) in [6.07, 6.45) is 0. The number of nitriles is 1. The second kappa shape index (κ2) is 7.61. The minimum absolute atomic E-state index is 0.0977. The number of carbonyl (C=O) groups excluding carboxylic acids is 2. The highest BCUT2D eigenvalue weighted by Gasteiger charge is 2.55. The average molecular weight is 403 g/mol. The van der Waals surface area contributed by atoms with Crippen LogP contribution in [0, 0.1) is 11.3 Å². The second-order valence-corrected chi connectivity index (χ2v) is 6.92. The van der Waals surface area contributed by atoms with E-state index in [-0.39, 0.29) is 17.9 Å². The standard InChI is InChI=1S/C17H13N3O7S/c18-5-8-1-3-9(4-2-8)27-6-11(21)19-12-14(22)20-13(17(25)26)10(16(23)24)7-28-15(12)20/h1-4,12,15H,6-7H2,(H,19,21)(H,23,24)(H,25,26)/t12?,15-/m1/s1. The number of carbonyl (C=O) groups is 4. The van der Waals surface area contributed by atoms with Crippen molar-refractivity contribution in [3.63, 3.8) is 0 Å². The Kier molecular flexibility index (Phi) is 5.23. The number of rotatable bonds is 6. The van der Waals surface area contributed by atoms with Gasteiger partial charge in [0.25, 0.3) is 11.8 Å². The van der Waals surface area contributed by atoms with E-state index in [0.29, 0.717) is 11.3 Å². The van der Waals surface area contributed by atoms with Crippen LogP contribution in [0.1, 0.15) is 5.56 Å². The van der Waals surface area contributed by atoms with E-state index in [1.54, 1.807) is 0 Å². The molecular formula is C17H13N3O7S. The molecule has 2 aliphatic rings. The molecule has 0 saturated carbocycles. The summed E-state index contributed by atoms with van der Waals surface area (Å²) in [7, 11) is 0. The summed E-state index contributed by atoms with van der Waals surface area (Å²) in [5, 5.41) is 28.9. The Labute approximate surface area is 162 Å². The molecule has 11 heteroatoms. The third-order valence-corrected chi connectivity index (χ3v) is 5.38. The Hall–Kier alpha value is -3.52. The van der Waals surface area contributed by atoms with Gasteiger partial charge < -0.3 is 20.3 Å². The molecule has 2 aliphatic heterocycles. The van der Waals surface area contributed by atoms with Crippen LogP contribution in [0.2, 0.25) is 0 Å². The molecule has 1 saturated heterocycles. The van der Waals surface area contributed by atoms with E-state index in [1.807, 2.05) is 6.07 Å². The van der Waals surface area contributed by atoms with Crippen molar-refractivity contribution in [3.8, 4) is 11.8 Å². The zero-order valence-corrected chi connectivity index (χ0v) is 14.9. The SMILES string of the molecule is N#Cc1ccc(OCC(=O)NC2C(=O)N3C(C(=O)O)=C(C(=O)O)CS[C@H]23)cc1. The number of ether oxygens (including phenoxy) is 1. The van der Waals surface area contributed by atoms with E-state index in [2.05, 4.69) is 5.32 Å². The highest BCUT2D eigenvalue weighted by atomic mass is 32.2. The van der Waals surface area contributed by atoms with Gasteiger partial charge in [0.15, 0.2) is 6.61 Å². The number of thioether (sulfide) groups is 1. The average Bonchev–Trinajstić information content (AvgIpc) is 2.69. The summed E-state index contributed by atoms with van der Waals surface area (Å²) >= 11 is 1.06. The van der Waals surface area contributed by atoms with Crippen molar-refractivity contribution in [3.05, 3.63) is 41.1 Å². The van der Waals surface area contributed by atoms with E-state index in [1.165, 1.54) is 24.3 Å². The van der Waals surface area contributed by atoms with Gasteiger partial charge in [0.2, 0.25) is 0 Å². The first-order valence-electron chi connectivity index (χ1n) is 7.90. The summed E-state index contributed by atoms with van der Waals surface area (Å²) in [6.45, 7) is -0.380. The van der Waals surface area contributed by atoms with Crippen LogP contribution in [0.15, 0.2) is 35.5 Å². The molecule has 28 heavy (non-hydrogen) atoms. The lowest BCUT2D eigenvalue weighted by Crippen LogP contribution is -2.71. The van der Waals surface area contributed by atoms with Crippen LogP contribution in [-0.2, 0) is 19.2 Å². The number of β-lactam (4-membered cyclic amide) rings is 1. The number of benzene rings is 1. The minimum Gasteiger partial charge on any atom is -0.484 e. The monoisotopic (exact) mass is 403 g/mol. The molecule has 0 bridgehead atoms. The van der Waals surface area contributed by atoms with E-state index >= 15 is 0 Å². The maximum Gasteiger partial charge on any atom is 0.353 e. The summed E-state index contributed by atoms with van der Waals surface area (Å²) < 4.78 is 5.28. The topological polar surface area (TPSA) is 157 Å². The normalized spacial score (nSPS) is 20.5. The van der Waals surface area contributed by atoms with Gasteiger partial charge in [0.05, 0.1) is 17.2 Å². The van der Waals surface area contributed by atoms with E-state index in [4.69, 9.17) is 15.1 Å². The molecular weight excluding hydrogens is 390 g/mol. The van der Waals surface area contributed by atoms with Gasteiger partial charge in [-0.1, -0.05) is 0 Å². The highest BCUT2D eigenvalue weighted by Crippen LogP contribution is 2.40. The van der Waals surface area contributed by atoms with Crippen LogP contribution in [-0.4, -0.2) is 62.6 Å². The van der Waals surface area contributed by atoms with Crippen LogP contribution in [0.3, 0.4) is 0 Å². The molecule has 3 rings (SSSR count). The molecule has 0 aromatic heterocycles. The molecule has 3 N–H and O–H groups in total. The van der Waals surface area contributed by atoms with Crippen molar-refractivity contribution < 1.29 is 34.1 Å². The lowest BCUT2D eigenvalue weighted by atomic mass is 10.0. The zero-order valence-electron chi connectivity index (χ0n) is 14.1. The van der Waals surface area contributed by atoms with Crippen molar-refractivity contribution in [1.82, 2.24) is 10.2 Å². The first kappa shape index (κ1) is 19.2. The van der Waals surface area contributed by atoms with Crippen molar-refractivity contribution >= 4 is 35.5 Å². The smallest absolute Gasteiger partial charge is 0.353 e. The second-order valence-electron chi connectivity index (χ2n) is 5.82. The fourth-order valence-electron chi connectivity index (χ4n) is 2.77. The number of nitrogens with zero attached hydrogens (tertiary/aromatic N) is 2. The number of carboxylic acid groups (broad SMARTS) is 2. The van der Waals surface area contributed by atoms with Crippen LogP contribution in [0.4, 0.5) is 0 Å². The number of carboxylic acids is 2. The Morgan fingerprint density at radius 3 is 2.50 bits per heavy atom. The molecule has 10 nitrogen and oxygen atoms in total. The van der Waals surface area contributed by atoms with E-state index in [9.17, 15) is 24.3 Å². The lowest BCUT2D eigenvalue weighted by molar-refractivity contribution is -0.151. The molecule has 2 atom stereocenters. The zero-order chi connectivity index (χ0) is 20.4. The molecule has 1 aromatic carbocycles. The number of fused-ring (bicyclic) bond motifs is 1. The van der Waals surface area contributed by atoms with Crippen molar-refractivity contribution in [1.29, 1.82) is 5.26 Å². The maximum atomic E-state index is 12.3. The summed E-state index contributed by atoms with van der Waals surface area (Å²) in [5.74, 6) is -3.93. The Morgan fingerprint density at radius 1 is 1.25 bits per heavy atom. The summed E-state index contributed by atoms with van der Waals surface area (Å²) in [5.41, 5.74) is -0.495. The van der Waals surface area contributed by atoms with Crippen molar-refractivity contribution in [2.75, 3.05) is 12.4 Å². The number of hydrogen-bond acceptors (Lipinski definition) is 7. The van der Waals surface area contributed by atoms with E-state index < -0.39 is 40.9 Å². The van der Waals surface area contributed by atoms with Gasteiger partial charge in [0.1, 0.15) is 22.9 Å². The Bertz CT molecular complexity index is 935. The number of nitrogens with one attached hydrogen (secondary N) is 1. The van der Waals surface area contributed by atoms with Gasteiger partial charge in [-0.2, -0.15) is 5.26 Å². The molecule has 144 valence electrons. The van der Waals surface area contributed by atoms with Crippen LogP contribution in [0.25, 0.3) is 0 Å². The fraction of sp³-hybridized carbons (Fsp3) is 0.235. The van der Waals surface area contributed by atoms with Gasteiger partial charge in [-0.3, -0.25) is 14.5 Å². The first-order valence-corrected chi connectivity index (χ1v) is 8.95. The van der Waals surface area contributed by atoms with E-state index in [0.717, 1.165) is 16.7 Å². The van der Waals surface area contributed by atoms with Crippen LogP contribution < -0.4 is 10.1 Å². The maximum absolute atomic E-state index is 12.3. The minimum atomic E-state index is -1.51. The number of amides is 2. The third-order valence-electron chi connectivity index (χ3n) is 4.10. The Balaban J connectivity index is 1.61.